The molecule has 120 valence electrons. The summed E-state index contributed by atoms with van der Waals surface area (Å²) in [6, 6.07) is 0. The van der Waals surface area contributed by atoms with Crippen molar-refractivity contribution < 1.29 is 9.84 Å². The van der Waals surface area contributed by atoms with E-state index in [-0.39, 0.29) is 24.7 Å². The van der Waals surface area contributed by atoms with E-state index in [0.717, 1.165) is 25.7 Å². The molecule has 0 saturated heterocycles. The van der Waals surface area contributed by atoms with Crippen molar-refractivity contribution in [2.24, 2.45) is 0 Å². The van der Waals surface area contributed by atoms with Crippen LogP contribution in [0.25, 0.3) is 0 Å². The molecular weight excluding hydrogens is 276 g/mol. The number of nitrogen functional groups attached to an aromatic ring is 1. The van der Waals surface area contributed by atoms with Gasteiger partial charge >= 0.3 is 5.69 Å². The van der Waals surface area contributed by atoms with Crippen molar-refractivity contribution >= 4 is 11.5 Å². The van der Waals surface area contributed by atoms with Crippen LogP contribution in [0, 0.1) is 0 Å². The summed E-state index contributed by atoms with van der Waals surface area (Å²) in [5.41, 5.74) is 5.04. The second kappa shape index (κ2) is 9.19. The third-order valence-electron chi connectivity index (χ3n) is 3.15. The molecule has 1 heterocycles. The number of aromatic nitrogens is 2. The molecule has 0 aromatic carbocycles. The largest absolute Gasteiger partial charge is 0.396 e. The third kappa shape index (κ3) is 5.24. The zero-order chi connectivity index (χ0) is 15.7. The van der Waals surface area contributed by atoms with Gasteiger partial charge in [-0.15, -0.1) is 0 Å². The van der Waals surface area contributed by atoms with Crippen molar-refractivity contribution in [2.45, 2.75) is 32.2 Å². The van der Waals surface area contributed by atoms with Gasteiger partial charge in [-0.3, -0.25) is 14.3 Å². The molecule has 5 N–H and O–H groups in total. The standard InChI is InChI=1S/C13H24N4O4/c1-21-9-7-17-11(14)10(12(19)16-13(17)20)15-6-4-2-3-5-8-18/h15,18H,2-9,14H2,1H3,(H,16,19,20). The summed E-state index contributed by atoms with van der Waals surface area (Å²) in [6.45, 7) is 1.39. The monoisotopic (exact) mass is 300 g/mol. The lowest BCUT2D eigenvalue weighted by Gasteiger charge is -2.13. The minimum Gasteiger partial charge on any atom is -0.396 e. The molecule has 21 heavy (non-hydrogen) atoms. The summed E-state index contributed by atoms with van der Waals surface area (Å²) in [5.74, 6) is 0.121. The Morgan fingerprint density at radius 3 is 2.67 bits per heavy atom. The maximum absolute atomic E-state index is 11.8. The van der Waals surface area contributed by atoms with Crippen LogP contribution in [0.4, 0.5) is 11.5 Å². The number of hydrogen-bond acceptors (Lipinski definition) is 6. The zero-order valence-corrected chi connectivity index (χ0v) is 12.4. The molecule has 0 aliphatic heterocycles. The fourth-order valence-corrected chi connectivity index (χ4v) is 1.97. The second-order valence-corrected chi connectivity index (χ2v) is 4.73. The van der Waals surface area contributed by atoms with Gasteiger partial charge in [0.05, 0.1) is 13.2 Å². The van der Waals surface area contributed by atoms with Crippen LogP contribution >= 0.6 is 0 Å². The Balaban J connectivity index is 2.68. The number of rotatable bonds is 10. The van der Waals surface area contributed by atoms with E-state index in [9.17, 15) is 9.59 Å². The lowest BCUT2D eigenvalue weighted by molar-refractivity contribution is 0.186. The first-order valence-corrected chi connectivity index (χ1v) is 7.08. The first kappa shape index (κ1) is 17.3. The molecule has 0 unspecified atom stereocenters. The van der Waals surface area contributed by atoms with E-state index in [1.165, 1.54) is 11.7 Å². The van der Waals surface area contributed by atoms with Crippen LogP contribution in [-0.2, 0) is 11.3 Å². The molecule has 0 atom stereocenters. The molecule has 0 bridgehead atoms. The lowest BCUT2D eigenvalue weighted by atomic mass is 10.2. The number of hydrogen-bond donors (Lipinski definition) is 4. The average Bonchev–Trinajstić information content (AvgIpc) is 2.45. The van der Waals surface area contributed by atoms with Crippen molar-refractivity contribution in [3.05, 3.63) is 20.8 Å². The van der Waals surface area contributed by atoms with E-state index in [0.29, 0.717) is 13.2 Å². The van der Waals surface area contributed by atoms with Crippen LogP contribution in [0.5, 0.6) is 0 Å². The van der Waals surface area contributed by atoms with E-state index in [4.69, 9.17) is 15.6 Å². The van der Waals surface area contributed by atoms with Crippen LogP contribution in [0.15, 0.2) is 9.59 Å². The maximum atomic E-state index is 11.8. The number of aliphatic hydroxyl groups is 1. The Morgan fingerprint density at radius 2 is 2.00 bits per heavy atom. The van der Waals surface area contributed by atoms with Gasteiger partial charge in [0.15, 0.2) is 0 Å². The van der Waals surface area contributed by atoms with E-state index in [2.05, 4.69) is 10.3 Å². The minimum atomic E-state index is -0.539. The number of H-pyrrole nitrogens is 1. The predicted octanol–water partition coefficient (Wildman–Crippen LogP) is -0.270. The molecule has 0 amide bonds. The van der Waals surface area contributed by atoms with E-state index < -0.39 is 11.2 Å². The summed E-state index contributed by atoms with van der Waals surface area (Å²) in [6.07, 6.45) is 3.53. The van der Waals surface area contributed by atoms with Gasteiger partial charge in [0.1, 0.15) is 11.5 Å². The number of aromatic amines is 1. The summed E-state index contributed by atoms with van der Waals surface area (Å²) >= 11 is 0. The van der Waals surface area contributed by atoms with Crippen LogP contribution in [-0.4, -0.2) is 41.5 Å². The van der Waals surface area contributed by atoms with Crippen LogP contribution < -0.4 is 22.3 Å². The van der Waals surface area contributed by atoms with Crippen molar-refractivity contribution in [2.75, 3.05) is 37.9 Å². The van der Waals surface area contributed by atoms with Gasteiger partial charge in [0.2, 0.25) is 0 Å². The third-order valence-corrected chi connectivity index (χ3v) is 3.15. The summed E-state index contributed by atoms with van der Waals surface area (Å²) in [4.78, 5) is 25.7. The number of nitrogens with one attached hydrogen (secondary N) is 2. The van der Waals surface area contributed by atoms with Crippen molar-refractivity contribution in [1.82, 2.24) is 9.55 Å². The number of aliphatic hydroxyl groups excluding tert-OH is 1. The zero-order valence-electron chi connectivity index (χ0n) is 12.4. The van der Waals surface area contributed by atoms with Gasteiger partial charge in [0.25, 0.3) is 5.56 Å². The molecule has 1 aromatic rings. The van der Waals surface area contributed by atoms with Gasteiger partial charge in [0, 0.05) is 20.3 Å². The Labute approximate surface area is 122 Å². The first-order chi connectivity index (χ1) is 10.1. The second-order valence-electron chi connectivity index (χ2n) is 4.73. The highest BCUT2D eigenvalue weighted by molar-refractivity contribution is 5.60. The summed E-state index contributed by atoms with van der Waals surface area (Å²) < 4.78 is 6.19. The van der Waals surface area contributed by atoms with E-state index in [1.54, 1.807) is 0 Å². The number of ether oxygens (including phenoxy) is 1. The van der Waals surface area contributed by atoms with Gasteiger partial charge < -0.3 is 20.9 Å². The molecule has 8 nitrogen and oxygen atoms in total. The molecule has 1 aromatic heterocycles. The smallest absolute Gasteiger partial charge is 0.330 e. The molecule has 0 spiro atoms. The average molecular weight is 300 g/mol. The highest BCUT2D eigenvalue weighted by Gasteiger charge is 2.11. The fraction of sp³-hybridized carbons (Fsp3) is 0.692. The number of unbranched alkanes of at least 4 members (excludes halogenated alkanes) is 3. The number of nitrogens with zero attached hydrogens (tertiary/aromatic N) is 1. The highest BCUT2D eigenvalue weighted by atomic mass is 16.5. The maximum Gasteiger partial charge on any atom is 0.330 e. The Kier molecular flexibility index (Phi) is 7.55. The molecular formula is C13H24N4O4. The molecule has 8 heteroatoms. The Bertz CT molecular complexity index is 538. The molecule has 0 saturated carbocycles. The molecule has 0 aliphatic carbocycles. The quantitative estimate of drug-likeness (QED) is 0.441. The van der Waals surface area contributed by atoms with Crippen LogP contribution in [0.3, 0.4) is 0 Å². The van der Waals surface area contributed by atoms with Gasteiger partial charge in [-0.25, -0.2) is 4.79 Å². The first-order valence-electron chi connectivity index (χ1n) is 7.08. The highest BCUT2D eigenvalue weighted by Crippen LogP contribution is 2.10. The normalized spacial score (nSPS) is 10.8. The van der Waals surface area contributed by atoms with Gasteiger partial charge in [-0.2, -0.15) is 0 Å². The van der Waals surface area contributed by atoms with E-state index in [1.807, 2.05) is 0 Å². The topological polar surface area (TPSA) is 122 Å². The van der Waals surface area contributed by atoms with Gasteiger partial charge in [-0.05, 0) is 12.8 Å². The Hall–Kier alpha value is -1.80. The lowest BCUT2D eigenvalue weighted by Crippen LogP contribution is -2.35. The van der Waals surface area contributed by atoms with Crippen LogP contribution in [0.1, 0.15) is 25.7 Å². The molecule has 0 aliphatic rings. The Morgan fingerprint density at radius 1 is 1.29 bits per heavy atom. The summed E-state index contributed by atoms with van der Waals surface area (Å²) in [5, 5.41) is 11.7. The fourth-order valence-electron chi connectivity index (χ4n) is 1.97. The van der Waals surface area contributed by atoms with Gasteiger partial charge in [-0.1, -0.05) is 12.8 Å². The number of anilines is 2. The molecule has 0 fully saturated rings. The van der Waals surface area contributed by atoms with Crippen LogP contribution in [0.2, 0.25) is 0 Å². The van der Waals surface area contributed by atoms with Crippen molar-refractivity contribution in [3.8, 4) is 0 Å². The predicted molar refractivity (Wildman–Crippen MR) is 81.7 cm³/mol. The summed E-state index contributed by atoms with van der Waals surface area (Å²) in [7, 11) is 1.53. The van der Waals surface area contributed by atoms with Crippen molar-refractivity contribution in [3.63, 3.8) is 0 Å². The number of methoxy groups -OCH3 is 1. The minimum absolute atomic E-state index is 0.121. The number of nitrogens with two attached hydrogens (primary N) is 1. The SMILES string of the molecule is COCCn1c(N)c(NCCCCCCO)c(=O)[nH]c1=O. The van der Waals surface area contributed by atoms with E-state index >= 15 is 0 Å². The molecule has 0 radical (unpaired) electrons. The molecule has 1 rings (SSSR count). The van der Waals surface area contributed by atoms with Crippen molar-refractivity contribution in [1.29, 1.82) is 0 Å².